The first-order valence-corrected chi connectivity index (χ1v) is 3.84. The number of carboxylic acids is 1. The second-order valence-corrected chi connectivity index (χ2v) is 2.67. The van der Waals surface area contributed by atoms with Gasteiger partial charge < -0.3 is 14.9 Å². The van der Waals surface area contributed by atoms with E-state index in [-0.39, 0.29) is 5.69 Å². The zero-order valence-electron chi connectivity index (χ0n) is 7.54. The fourth-order valence-electron chi connectivity index (χ4n) is 0.767. The van der Waals surface area contributed by atoms with E-state index in [0.29, 0.717) is 0 Å². The molecule has 1 heterocycles. The van der Waals surface area contributed by atoms with Crippen LogP contribution in [0.25, 0.3) is 0 Å². The molecule has 0 aliphatic rings. The predicted octanol–water partition coefficient (Wildman–Crippen LogP) is 0.551. The van der Waals surface area contributed by atoms with E-state index in [1.165, 1.54) is 5.32 Å². The molecule has 0 radical (unpaired) electrons. The predicted molar refractivity (Wildman–Crippen MR) is 41.4 cm³/mol. The summed E-state index contributed by atoms with van der Waals surface area (Å²) in [5.74, 6) is -4.05. The van der Waals surface area contributed by atoms with Crippen molar-refractivity contribution in [3.05, 3.63) is 17.5 Å². The van der Waals surface area contributed by atoms with Gasteiger partial charge in [0.25, 0.3) is 0 Å². The highest BCUT2D eigenvalue weighted by atomic mass is 19.4. The van der Waals surface area contributed by atoms with E-state index in [9.17, 15) is 22.8 Å². The molecule has 88 valence electrons. The number of alkyl halides is 3. The van der Waals surface area contributed by atoms with Crippen LogP contribution < -0.4 is 5.32 Å². The van der Waals surface area contributed by atoms with Gasteiger partial charge in [-0.15, -0.1) is 0 Å². The van der Waals surface area contributed by atoms with Gasteiger partial charge in [-0.05, 0) is 0 Å². The van der Waals surface area contributed by atoms with Crippen LogP contribution in [-0.2, 0) is 11.3 Å². The molecule has 0 bridgehead atoms. The van der Waals surface area contributed by atoms with E-state index in [1.807, 2.05) is 0 Å². The number of aromatic nitrogens is 1. The van der Waals surface area contributed by atoms with Crippen LogP contribution in [0.1, 0.15) is 16.2 Å². The van der Waals surface area contributed by atoms with Crippen molar-refractivity contribution in [2.75, 3.05) is 0 Å². The van der Waals surface area contributed by atoms with Gasteiger partial charge in [0.1, 0.15) is 5.69 Å². The average Bonchev–Trinajstić information content (AvgIpc) is 2.60. The first-order valence-electron chi connectivity index (χ1n) is 3.84. The first kappa shape index (κ1) is 12.0. The number of nitrogens with zero attached hydrogens (tertiary/aromatic N) is 1. The summed E-state index contributed by atoms with van der Waals surface area (Å²) in [4.78, 5) is 20.7. The second kappa shape index (κ2) is 4.21. The number of carboxylic acid groups (broad SMARTS) is 1. The van der Waals surface area contributed by atoms with Crippen LogP contribution in [0.3, 0.4) is 0 Å². The van der Waals surface area contributed by atoms with Crippen molar-refractivity contribution in [3.8, 4) is 0 Å². The molecule has 0 aliphatic heterocycles. The Balaban J connectivity index is 2.55. The Morgan fingerprint density at radius 3 is 2.56 bits per heavy atom. The average molecular weight is 238 g/mol. The number of halogens is 3. The van der Waals surface area contributed by atoms with Crippen molar-refractivity contribution >= 4 is 11.9 Å². The smallest absolute Gasteiger partial charge is 0.471 e. The Kier molecular flexibility index (Phi) is 3.16. The Morgan fingerprint density at radius 2 is 2.12 bits per heavy atom. The van der Waals surface area contributed by atoms with Crippen molar-refractivity contribution in [3.63, 3.8) is 0 Å². The number of carbonyl (C=O) groups is 2. The monoisotopic (exact) mass is 238 g/mol. The minimum Gasteiger partial charge on any atom is -0.475 e. The van der Waals surface area contributed by atoms with Crippen molar-refractivity contribution in [1.29, 1.82) is 0 Å². The summed E-state index contributed by atoms with van der Waals surface area (Å²) in [6, 6.07) is 0.916. The summed E-state index contributed by atoms with van der Waals surface area (Å²) < 4.78 is 39.5. The molecule has 1 aromatic heterocycles. The van der Waals surface area contributed by atoms with E-state index < -0.39 is 30.4 Å². The fourth-order valence-corrected chi connectivity index (χ4v) is 0.767. The molecule has 0 saturated heterocycles. The summed E-state index contributed by atoms with van der Waals surface area (Å²) in [5, 5.41) is 13.1. The third-order valence-corrected chi connectivity index (χ3v) is 1.46. The summed E-state index contributed by atoms with van der Waals surface area (Å²) in [6.45, 7) is -0.560. The largest absolute Gasteiger partial charge is 0.475 e. The van der Waals surface area contributed by atoms with Crippen molar-refractivity contribution < 1.29 is 32.4 Å². The van der Waals surface area contributed by atoms with Crippen LogP contribution >= 0.6 is 0 Å². The maximum atomic E-state index is 11.7. The van der Waals surface area contributed by atoms with Gasteiger partial charge in [-0.3, -0.25) is 4.79 Å². The third-order valence-electron chi connectivity index (χ3n) is 1.46. The normalized spacial score (nSPS) is 11.2. The Morgan fingerprint density at radius 1 is 1.50 bits per heavy atom. The molecule has 0 saturated carbocycles. The van der Waals surface area contributed by atoms with Gasteiger partial charge >= 0.3 is 18.1 Å². The number of amides is 1. The van der Waals surface area contributed by atoms with E-state index in [4.69, 9.17) is 5.11 Å². The van der Waals surface area contributed by atoms with E-state index >= 15 is 0 Å². The van der Waals surface area contributed by atoms with Gasteiger partial charge in [0, 0.05) is 6.07 Å². The van der Waals surface area contributed by atoms with Crippen molar-refractivity contribution in [1.82, 2.24) is 10.5 Å². The number of hydrogen-bond donors (Lipinski definition) is 2. The molecule has 0 atom stereocenters. The maximum absolute atomic E-state index is 11.7. The minimum absolute atomic E-state index is 0.116. The molecule has 1 amide bonds. The molecule has 6 nitrogen and oxygen atoms in total. The van der Waals surface area contributed by atoms with Crippen molar-refractivity contribution in [2.45, 2.75) is 12.7 Å². The van der Waals surface area contributed by atoms with Crippen LogP contribution in [0.15, 0.2) is 10.6 Å². The summed E-state index contributed by atoms with van der Waals surface area (Å²) in [6.07, 6.45) is -4.99. The maximum Gasteiger partial charge on any atom is 0.471 e. The van der Waals surface area contributed by atoms with E-state index in [2.05, 4.69) is 9.68 Å². The highest BCUT2D eigenvalue weighted by molar-refractivity contribution is 5.84. The quantitative estimate of drug-likeness (QED) is 0.802. The highest BCUT2D eigenvalue weighted by Gasteiger charge is 2.38. The van der Waals surface area contributed by atoms with Gasteiger partial charge in [0.2, 0.25) is 5.76 Å². The molecule has 1 rings (SSSR count). The topological polar surface area (TPSA) is 92.4 Å². The Hall–Kier alpha value is -2.06. The molecule has 16 heavy (non-hydrogen) atoms. The van der Waals surface area contributed by atoms with Crippen molar-refractivity contribution in [2.24, 2.45) is 0 Å². The summed E-state index contributed by atoms with van der Waals surface area (Å²) in [7, 11) is 0. The van der Waals surface area contributed by atoms with Crippen LogP contribution in [-0.4, -0.2) is 28.3 Å². The van der Waals surface area contributed by atoms with Gasteiger partial charge in [0.15, 0.2) is 0 Å². The number of hydrogen-bond acceptors (Lipinski definition) is 4. The highest BCUT2D eigenvalue weighted by Crippen LogP contribution is 2.14. The second-order valence-electron chi connectivity index (χ2n) is 2.67. The summed E-state index contributed by atoms with van der Waals surface area (Å²) in [5.41, 5.74) is -0.116. The van der Waals surface area contributed by atoms with Gasteiger partial charge in [-0.2, -0.15) is 13.2 Å². The lowest BCUT2D eigenvalue weighted by atomic mass is 10.3. The Labute approximate surface area is 86.0 Å². The lowest BCUT2D eigenvalue weighted by Gasteiger charge is -2.05. The molecule has 0 aliphatic carbocycles. The number of aromatic carboxylic acids is 1. The van der Waals surface area contributed by atoms with Gasteiger partial charge in [-0.1, -0.05) is 5.16 Å². The van der Waals surface area contributed by atoms with Crippen LogP contribution in [0.4, 0.5) is 13.2 Å². The molecule has 0 spiro atoms. The minimum atomic E-state index is -4.99. The third kappa shape index (κ3) is 2.97. The molecule has 2 N–H and O–H groups in total. The lowest BCUT2D eigenvalue weighted by molar-refractivity contribution is -0.173. The van der Waals surface area contributed by atoms with Gasteiger partial charge in [-0.25, -0.2) is 4.79 Å². The number of nitrogens with one attached hydrogen (secondary N) is 1. The molecule has 1 aromatic rings. The molecule has 0 unspecified atom stereocenters. The SMILES string of the molecule is O=C(O)c1cc(CNC(=O)C(F)(F)F)no1. The fraction of sp³-hybridized carbons (Fsp3) is 0.286. The molecular weight excluding hydrogens is 233 g/mol. The van der Waals surface area contributed by atoms with Crippen LogP contribution in [0.2, 0.25) is 0 Å². The molecular formula is C7H5F3N2O4. The molecule has 0 fully saturated rings. The Bertz CT molecular complexity index is 412. The summed E-state index contributed by atoms with van der Waals surface area (Å²) >= 11 is 0. The van der Waals surface area contributed by atoms with Crippen LogP contribution in [0.5, 0.6) is 0 Å². The zero-order valence-corrected chi connectivity index (χ0v) is 7.54. The standard InChI is InChI=1S/C7H5F3N2O4/c8-7(9,10)6(15)11-2-3-1-4(5(13)14)16-12-3/h1H,2H2,(H,11,15)(H,13,14). The lowest BCUT2D eigenvalue weighted by Crippen LogP contribution is -2.36. The van der Waals surface area contributed by atoms with E-state index in [1.54, 1.807) is 0 Å². The van der Waals surface area contributed by atoms with E-state index in [0.717, 1.165) is 6.07 Å². The van der Waals surface area contributed by atoms with Crippen LogP contribution in [0, 0.1) is 0 Å². The molecule has 9 heteroatoms. The first-order chi connectivity index (χ1) is 7.30. The zero-order chi connectivity index (χ0) is 12.3. The number of carbonyl (C=O) groups excluding carboxylic acids is 1. The molecule has 0 aromatic carbocycles. The number of rotatable bonds is 3. The van der Waals surface area contributed by atoms with Gasteiger partial charge in [0.05, 0.1) is 6.54 Å².